The molecule has 2 aromatic heterocycles. The lowest BCUT2D eigenvalue weighted by atomic mass is 10.0. The molecular weight excluding hydrogens is 573 g/mol. The quantitative estimate of drug-likeness (QED) is 0.265. The van der Waals surface area contributed by atoms with Crippen molar-refractivity contribution in [3.63, 3.8) is 0 Å². The van der Waals surface area contributed by atoms with E-state index in [2.05, 4.69) is 14.8 Å². The van der Waals surface area contributed by atoms with Gasteiger partial charge in [-0.05, 0) is 36.6 Å². The number of anilines is 3. The van der Waals surface area contributed by atoms with Crippen molar-refractivity contribution in [1.82, 2.24) is 15.0 Å². The molecule has 0 saturated carbocycles. The maximum atomic E-state index is 13.6. The highest BCUT2D eigenvalue weighted by molar-refractivity contribution is 7.85. The number of hydrogen-bond donors (Lipinski definition) is 0. The maximum Gasteiger partial charge on any atom is 0.419 e. The molecule has 0 N–H and O–H groups in total. The van der Waals surface area contributed by atoms with Gasteiger partial charge in [0.25, 0.3) is 10.1 Å². The monoisotopic (exact) mass is 606 g/mol. The molecule has 226 valence electrons. The number of benzene rings is 1. The molecule has 2 saturated heterocycles. The van der Waals surface area contributed by atoms with E-state index in [0.29, 0.717) is 77.1 Å². The highest BCUT2D eigenvalue weighted by atomic mass is 32.2. The third kappa shape index (κ3) is 7.66. The number of morpholine rings is 1. The zero-order valence-electron chi connectivity index (χ0n) is 23.3. The van der Waals surface area contributed by atoms with Gasteiger partial charge in [0.15, 0.2) is 0 Å². The lowest BCUT2D eigenvalue weighted by Gasteiger charge is -2.37. The normalized spacial score (nSPS) is 16.6. The average molecular weight is 607 g/mol. The Labute approximate surface area is 243 Å². The van der Waals surface area contributed by atoms with E-state index in [1.54, 1.807) is 4.90 Å². The van der Waals surface area contributed by atoms with E-state index >= 15 is 0 Å². The maximum absolute atomic E-state index is 13.6. The van der Waals surface area contributed by atoms with Gasteiger partial charge in [-0.2, -0.15) is 26.6 Å². The second kappa shape index (κ2) is 12.8. The predicted octanol–water partition coefficient (Wildman–Crippen LogP) is 3.63. The van der Waals surface area contributed by atoms with Crippen LogP contribution in [0.15, 0.2) is 48.7 Å². The van der Waals surface area contributed by atoms with Gasteiger partial charge >= 0.3 is 6.18 Å². The summed E-state index contributed by atoms with van der Waals surface area (Å²) >= 11 is 0. The standard InChI is InChI=1S/C28H33F3N6O4S/c1-42(38,39)41-16-4-6-21-5-2-7-22(19-21)24-20-25(34-27(33-24)37-14-17-40-18-15-37)35-10-12-36(13-11-35)26-23(28(29,30)31)8-3-9-32-26/h2-3,5,7-9,19-20H,4,6,10-18H2,1H3. The minimum Gasteiger partial charge on any atom is -0.378 e. The van der Waals surface area contributed by atoms with Crippen LogP contribution in [0.4, 0.5) is 30.8 Å². The predicted molar refractivity (Wildman–Crippen MR) is 153 cm³/mol. The van der Waals surface area contributed by atoms with E-state index in [1.165, 1.54) is 12.3 Å². The van der Waals surface area contributed by atoms with Crippen LogP contribution in [-0.2, 0) is 31.6 Å². The summed E-state index contributed by atoms with van der Waals surface area (Å²) in [5.74, 6) is 1.22. The van der Waals surface area contributed by atoms with Gasteiger partial charge in [0, 0.05) is 57.1 Å². The van der Waals surface area contributed by atoms with Crippen molar-refractivity contribution in [2.45, 2.75) is 19.0 Å². The highest BCUT2D eigenvalue weighted by Gasteiger charge is 2.36. The van der Waals surface area contributed by atoms with Crippen molar-refractivity contribution in [1.29, 1.82) is 0 Å². The Morgan fingerprint density at radius 3 is 2.38 bits per heavy atom. The number of rotatable bonds is 9. The molecule has 1 aromatic carbocycles. The number of halogens is 3. The first-order chi connectivity index (χ1) is 20.1. The zero-order chi connectivity index (χ0) is 29.7. The lowest BCUT2D eigenvalue weighted by Crippen LogP contribution is -2.48. The van der Waals surface area contributed by atoms with Gasteiger partial charge < -0.3 is 19.4 Å². The Kier molecular flexibility index (Phi) is 9.13. The highest BCUT2D eigenvalue weighted by Crippen LogP contribution is 2.36. The fourth-order valence-electron chi connectivity index (χ4n) is 5.03. The largest absolute Gasteiger partial charge is 0.419 e. The lowest BCUT2D eigenvalue weighted by molar-refractivity contribution is -0.137. The minimum atomic E-state index is -4.48. The van der Waals surface area contributed by atoms with Crippen molar-refractivity contribution in [3.8, 4) is 11.3 Å². The zero-order valence-corrected chi connectivity index (χ0v) is 24.1. The smallest absolute Gasteiger partial charge is 0.378 e. The second-order valence-electron chi connectivity index (χ2n) is 10.2. The van der Waals surface area contributed by atoms with E-state index in [4.69, 9.17) is 18.9 Å². The minimum absolute atomic E-state index is 0.0548. The molecule has 0 amide bonds. The van der Waals surface area contributed by atoms with Crippen LogP contribution in [-0.4, -0.2) is 88.7 Å². The second-order valence-corrected chi connectivity index (χ2v) is 11.8. The number of aromatic nitrogens is 3. The molecule has 10 nitrogen and oxygen atoms in total. The number of aryl methyl sites for hydroxylation is 1. The van der Waals surface area contributed by atoms with Gasteiger partial charge in [0.2, 0.25) is 5.95 Å². The van der Waals surface area contributed by atoms with Crippen LogP contribution in [0.3, 0.4) is 0 Å². The Morgan fingerprint density at radius 2 is 1.67 bits per heavy atom. The van der Waals surface area contributed by atoms with Gasteiger partial charge in [0.05, 0.1) is 37.3 Å². The van der Waals surface area contributed by atoms with Gasteiger partial charge in [-0.15, -0.1) is 0 Å². The summed E-state index contributed by atoms with van der Waals surface area (Å²) in [5.41, 5.74) is 1.89. The average Bonchev–Trinajstić information content (AvgIpc) is 2.99. The fourth-order valence-corrected chi connectivity index (χ4v) is 5.45. The summed E-state index contributed by atoms with van der Waals surface area (Å²) in [6.45, 7) is 4.19. The topological polar surface area (TPSA) is 101 Å². The van der Waals surface area contributed by atoms with Gasteiger partial charge in [-0.25, -0.2) is 9.97 Å². The van der Waals surface area contributed by atoms with E-state index in [1.807, 2.05) is 30.3 Å². The molecule has 0 radical (unpaired) electrons. The van der Waals surface area contributed by atoms with Crippen LogP contribution in [0.5, 0.6) is 0 Å². The van der Waals surface area contributed by atoms with Crippen LogP contribution in [0, 0.1) is 0 Å². The number of piperazine rings is 1. The number of nitrogens with zero attached hydrogens (tertiary/aromatic N) is 6. The van der Waals surface area contributed by atoms with E-state index in [9.17, 15) is 21.6 Å². The van der Waals surface area contributed by atoms with Crippen molar-refractivity contribution in [2.75, 3.05) is 80.0 Å². The molecule has 0 atom stereocenters. The third-order valence-corrected chi connectivity index (χ3v) is 7.71. The van der Waals surface area contributed by atoms with Gasteiger partial charge in [-0.1, -0.05) is 18.2 Å². The molecule has 0 spiro atoms. The van der Waals surface area contributed by atoms with Crippen LogP contribution in [0.2, 0.25) is 0 Å². The molecule has 5 rings (SSSR count). The Hall–Kier alpha value is -3.49. The van der Waals surface area contributed by atoms with Crippen molar-refractivity contribution in [3.05, 3.63) is 59.8 Å². The first-order valence-corrected chi connectivity index (χ1v) is 15.6. The van der Waals surface area contributed by atoms with E-state index < -0.39 is 21.9 Å². The first kappa shape index (κ1) is 30.0. The van der Waals surface area contributed by atoms with Crippen LogP contribution in [0.25, 0.3) is 11.3 Å². The van der Waals surface area contributed by atoms with Gasteiger partial charge in [-0.3, -0.25) is 4.18 Å². The Morgan fingerprint density at radius 1 is 0.929 bits per heavy atom. The molecule has 0 bridgehead atoms. The fraction of sp³-hybridized carbons (Fsp3) is 0.464. The summed E-state index contributed by atoms with van der Waals surface area (Å²) in [7, 11) is -3.48. The van der Waals surface area contributed by atoms with Crippen molar-refractivity contribution >= 4 is 27.7 Å². The molecule has 3 aromatic rings. The molecule has 4 heterocycles. The molecular formula is C28H33F3N6O4S. The molecule has 42 heavy (non-hydrogen) atoms. The molecule has 2 fully saturated rings. The van der Waals surface area contributed by atoms with E-state index in [-0.39, 0.29) is 12.4 Å². The summed E-state index contributed by atoms with van der Waals surface area (Å²) in [6, 6.07) is 12.2. The molecule has 2 aliphatic rings. The number of ether oxygens (including phenoxy) is 1. The number of pyridine rings is 1. The van der Waals surface area contributed by atoms with Gasteiger partial charge in [0.1, 0.15) is 11.6 Å². The van der Waals surface area contributed by atoms with Crippen molar-refractivity contribution in [2.24, 2.45) is 0 Å². The Bertz CT molecular complexity index is 1480. The Balaban J connectivity index is 1.37. The molecule has 14 heteroatoms. The molecule has 2 aliphatic heterocycles. The summed E-state index contributed by atoms with van der Waals surface area (Å²) in [5, 5.41) is 0. The van der Waals surface area contributed by atoms with Crippen molar-refractivity contribution < 1.29 is 30.5 Å². The molecule has 0 unspecified atom stereocenters. The first-order valence-electron chi connectivity index (χ1n) is 13.7. The third-order valence-electron chi connectivity index (χ3n) is 7.12. The summed E-state index contributed by atoms with van der Waals surface area (Å²) in [6.07, 6.45) is -0.890. The number of hydrogen-bond acceptors (Lipinski definition) is 10. The van der Waals surface area contributed by atoms with Crippen LogP contribution < -0.4 is 14.7 Å². The summed E-state index contributed by atoms with van der Waals surface area (Å²) < 4.78 is 73.6. The van der Waals surface area contributed by atoms with E-state index in [0.717, 1.165) is 29.1 Å². The van der Waals surface area contributed by atoms with Crippen LogP contribution in [0.1, 0.15) is 17.5 Å². The SMILES string of the molecule is CS(=O)(=O)OCCCc1cccc(-c2cc(N3CCN(c4ncccc4C(F)(F)F)CC3)nc(N3CCOCC3)n2)c1. The van der Waals surface area contributed by atoms with Crippen LogP contribution >= 0.6 is 0 Å². The summed E-state index contributed by atoms with van der Waals surface area (Å²) in [4.78, 5) is 19.6. The number of alkyl halides is 3. The molecule has 0 aliphatic carbocycles.